The van der Waals surface area contributed by atoms with Gasteiger partial charge >= 0.3 is 5.97 Å². The van der Waals surface area contributed by atoms with Crippen molar-refractivity contribution in [2.75, 3.05) is 58.1 Å². The van der Waals surface area contributed by atoms with Gasteiger partial charge in [-0.05, 0) is 48.2 Å². The van der Waals surface area contributed by atoms with Gasteiger partial charge in [0.15, 0.2) is 0 Å². The normalized spacial score (nSPS) is 15.8. The SMILES string of the molecule is CCOC(=O)CC(c1ccc(C)c(CN2CCOCCNO2)c1)c1cc(N)c(NC)c(OC)c1. The van der Waals surface area contributed by atoms with Crippen LogP contribution in [-0.4, -0.2) is 58.1 Å². The van der Waals surface area contributed by atoms with Crippen LogP contribution in [0.4, 0.5) is 11.4 Å². The highest BCUT2D eigenvalue weighted by Crippen LogP contribution is 2.38. The molecule has 0 saturated carbocycles. The lowest BCUT2D eigenvalue weighted by Gasteiger charge is -2.26. The zero-order valence-corrected chi connectivity index (χ0v) is 20.5. The Balaban J connectivity index is 1.97. The Kier molecular flexibility index (Phi) is 9.52. The molecular weight excluding hydrogens is 436 g/mol. The second-order valence-electron chi connectivity index (χ2n) is 8.15. The van der Waals surface area contributed by atoms with Gasteiger partial charge in [0.05, 0.1) is 51.3 Å². The van der Waals surface area contributed by atoms with E-state index in [1.807, 2.05) is 23.3 Å². The molecule has 0 radical (unpaired) electrons. The number of rotatable bonds is 9. The predicted molar refractivity (Wildman–Crippen MR) is 132 cm³/mol. The first kappa shape index (κ1) is 25.8. The third kappa shape index (κ3) is 6.60. The van der Waals surface area contributed by atoms with Crippen LogP contribution >= 0.6 is 0 Å². The molecule has 2 aromatic rings. The highest BCUT2D eigenvalue weighted by Gasteiger charge is 2.23. The van der Waals surface area contributed by atoms with Gasteiger partial charge in [0.2, 0.25) is 0 Å². The second kappa shape index (κ2) is 12.6. The molecule has 0 aliphatic carbocycles. The van der Waals surface area contributed by atoms with Gasteiger partial charge in [0, 0.05) is 26.1 Å². The van der Waals surface area contributed by atoms with Crippen molar-refractivity contribution in [3.63, 3.8) is 0 Å². The standard InChI is InChI=1S/C25H36N4O5/c1-5-33-24(30)15-21(19-13-22(26)25(27-3)23(14-19)31-4)18-7-6-17(2)20(12-18)16-29-9-11-32-10-8-28-34-29/h6-7,12-14,21,27-28H,5,8-11,15-16,26H2,1-4H3. The maximum absolute atomic E-state index is 12.6. The number of nitrogens with zero attached hydrogens (tertiary/aromatic N) is 1. The van der Waals surface area contributed by atoms with Crippen molar-refractivity contribution in [1.29, 1.82) is 0 Å². The highest BCUT2D eigenvalue weighted by molar-refractivity contribution is 5.76. The van der Waals surface area contributed by atoms with Crippen LogP contribution in [0.15, 0.2) is 30.3 Å². The molecule has 9 nitrogen and oxygen atoms in total. The molecule has 0 spiro atoms. The summed E-state index contributed by atoms with van der Waals surface area (Å²) in [7, 11) is 3.40. The van der Waals surface area contributed by atoms with E-state index in [4.69, 9.17) is 24.9 Å². The van der Waals surface area contributed by atoms with E-state index in [2.05, 4.69) is 29.9 Å². The van der Waals surface area contributed by atoms with Crippen LogP contribution in [0.5, 0.6) is 5.75 Å². The monoisotopic (exact) mass is 472 g/mol. The summed E-state index contributed by atoms with van der Waals surface area (Å²) < 4.78 is 16.4. The highest BCUT2D eigenvalue weighted by atomic mass is 16.8. The Morgan fingerprint density at radius 2 is 2.09 bits per heavy atom. The molecule has 34 heavy (non-hydrogen) atoms. The summed E-state index contributed by atoms with van der Waals surface area (Å²) in [5, 5.41) is 4.92. The molecule has 1 aliphatic heterocycles. The fourth-order valence-corrected chi connectivity index (χ4v) is 4.05. The molecule has 1 fully saturated rings. The molecule has 0 amide bonds. The van der Waals surface area contributed by atoms with Crippen LogP contribution in [0.2, 0.25) is 0 Å². The van der Waals surface area contributed by atoms with E-state index in [1.54, 1.807) is 21.1 Å². The largest absolute Gasteiger partial charge is 0.494 e. The lowest BCUT2D eigenvalue weighted by atomic mass is 9.86. The van der Waals surface area contributed by atoms with E-state index in [0.717, 1.165) is 27.9 Å². The molecule has 1 saturated heterocycles. The smallest absolute Gasteiger partial charge is 0.306 e. The molecular formula is C25H36N4O5. The number of methoxy groups -OCH3 is 1. The van der Waals surface area contributed by atoms with Gasteiger partial charge in [-0.15, -0.1) is 0 Å². The lowest BCUT2D eigenvalue weighted by molar-refractivity contribution is -0.233. The lowest BCUT2D eigenvalue weighted by Crippen LogP contribution is -2.38. The summed E-state index contributed by atoms with van der Waals surface area (Å²) in [6.07, 6.45) is 0.188. The topological polar surface area (TPSA) is 107 Å². The summed E-state index contributed by atoms with van der Waals surface area (Å²) >= 11 is 0. The first-order chi connectivity index (χ1) is 16.5. The number of nitrogens with two attached hydrogens (primary N) is 1. The maximum atomic E-state index is 12.6. The minimum Gasteiger partial charge on any atom is -0.494 e. The number of esters is 1. The number of anilines is 2. The molecule has 2 aromatic carbocycles. The number of hydroxylamine groups is 3. The third-order valence-electron chi connectivity index (χ3n) is 5.85. The Morgan fingerprint density at radius 1 is 1.26 bits per heavy atom. The van der Waals surface area contributed by atoms with Gasteiger partial charge in [-0.3, -0.25) is 4.79 Å². The molecule has 0 bridgehead atoms. The van der Waals surface area contributed by atoms with Crippen molar-refractivity contribution in [2.45, 2.75) is 32.7 Å². The number of carbonyl (C=O) groups excluding carboxylic acids is 1. The Morgan fingerprint density at radius 3 is 2.82 bits per heavy atom. The number of nitrogen functional groups attached to an aromatic ring is 1. The molecule has 186 valence electrons. The van der Waals surface area contributed by atoms with Gasteiger partial charge < -0.3 is 25.3 Å². The van der Waals surface area contributed by atoms with Crippen LogP contribution in [0.3, 0.4) is 0 Å². The Bertz CT molecular complexity index is 961. The number of aryl methyl sites for hydroxylation is 1. The first-order valence-electron chi connectivity index (χ1n) is 11.6. The number of ether oxygens (including phenoxy) is 3. The van der Waals surface area contributed by atoms with Crippen molar-refractivity contribution in [3.8, 4) is 5.75 Å². The van der Waals surface area contributed by atoms with Crippen LogP contribution in [-0.2, 0) is 25.8 Å². The molecule has 0 aromatic heterocycles. The zero-order valence-electron chi connectivity index (χ0n) is 20.5. The molecule has 1 heterocycles. The summed E-state index contributed by atoms with van der Waals surface area (Å²) in [4.78, 5) is 18.2. The minimum atomic E-state index is -0.265. The van der Waals surface area contributed by atoms with Gasteiger partial charge in [-0.2, -0.15) is 10.5 Å². The van der Waals surface area contributed by atoms with Gasteiger partial charge in [-0.1, -0.05) is 18.2 Å². The Labute approximate surface area is 201 Å². The van der Waals surface area contributed by atoms with E-state index < -0.39 is 0 Å². The Hall–Kier alpha value is -2.85. The van der Waals surface area contributed by atoms with Crippen LogP contribution in [0.25, 0.3) is 0 Å². The van der Waals surface area contributed by atoms with Crippen molar-refractivity contribution in [1.82, 2.24) is 10.5 Å². The fourth-order valence-electron chi connectivity index (χ4n) is 4.05. The number of nitrogens with one attached hydrogen (secondary N) is 2. The number of carbonyl (C=O) groups is 1. The summed E-state index contributed by atoms with van der Waals surface area (Å²) in [5.41, 5.74) is 14.6. The molecule has 4 N–H and O–H groups in total. The van der Waals surface area contributed by atoms with Gasteiger partial charge in [0.25, 0.3) is 0 Å². The fraction of sp³-hybridized carbons (Fsp3) is 0.480. The molecule has 3 rings (SSSR count). The van der Waals surface area contributed by atoms with E-state index >= 15 is 0 Å². The number of hydrogen-bond acceptors (Lipinski definition) is 9. The van der Waals surface area contributed by atoms with Crippen LogP contribution in [0.1, 0.15) is 41.5 Å². The zero-order chi connectivity index (χ0) is 24.5. The first-order valence-corrected chi connectivity index (χ1v) is 11.6. The van der Waals surface area contributed by atoms with Crippen molar-refractivity contribution < 1.29 is 23.9 Å². The number of benzene rings is 2. The quantitative estimate of drug-likeness (QED) is 0.375. The maximum Gasteiger partial charge on any atom is 0.306 e. The average Bonchev–Trinajstić information content (AvgIpc) is 2.80. The molecule has 1 aliphatic rings. The molecule has 9 heteroatoms. The van der Waals surface area contributed by atoms with E-state index in [0.29, 0.717) is 50.9 Å². The average molecular weight is 473 g/mol. The van der Waals surface area contributed by atoms with Gasteiger partial charge in [-0.25, -0.2) is 4.94 Å². The molecule has 1 atom stereocenters. The summed E-state index contributed by atoms with van der Waals surface area (Å²) in [5.74, 6) is 0.104. The summed E-state index contributed by atoms with van der Waals surface area (Å²) in [6, 6.07) is 10.1. The van der Waals surface area contributed by atoms with Crippen LogP contribution < -0.4 is 21.3 Å². The summed E-state index contributed by atoms with van der Waals surface area (Å²) in [6.45, 7) is 7.27. The third-order valence-corrected chi connectivity index (χ3v) is 5.85. The van der Waals surface area contributed by atoms with Crippen molar-refractivity contribution in [2.24, 2.45) is 0 Å². The second-order valence-corrected chi connectivity index (χ2v) is 8.15. The van der Waals surface area contributed by atoms with E-state index in [-0.39, 0.29) is 18.3 Å². The minimum absolute atomic E-state index is 0.188. The molecule has 1 unspecified atom stereocenters. The number of hydrogen-bond donors (Lipinski definition) is 3. The van der Waals surface area contributed by atoms with E-state index in [1.165, 1.54) is 0 Å². The van der Waals surface area contributed by atoms with Gasteiger partial charge in [0.1, 0.15) is 5.75 Å². The van der Waals surface area contributed by atoms with E-state index in [9.17, 15) is 4.79 Å². The predicted octanol–water partition coefficient (Wildman–Crippen LogP) is 2.98. The van der Waals surface area contributed by atoms with Crippen LogP contribution in [0, 0.1) is 6.92 Å². The van der Waals surface area contributed by atoms with Crippen molar-refractivity contribution >= 4 is 17.3 Å². The van der Waals surface area contributed by atoms with Crippen molar-refractivity contribution in [3.05, 3.63) is 52.6 Å².